The fourth-order valence-corrected chi connectivity index (χ4v) is 2.48. The topological polar surface area (TPSA) is 34.1 Å². The third-order valence-electron chi connectivity index (χ3n) is 2.85. The summed E-state index contributed by atoms with van der Waals surface area (Å²) in [7, 11) is 0. The summed E-state index contributed by atoms with van der Waals surface area (Å²) in [5.74, 6) is 0.894. The number of hydrogen-bond donors (Lipinski definition) is 1. The highest BCUT2D eigenvalue weighted by Gasteiger charge is 2.20. The van der Waals surface area contributed by atoms with Crippen LogP contribution in [0.1, 0.15) is 22.7 Å². The van der Waals surface area contributed by atoms with Crippen molar-refractivity contribution in [2.24, 2.45) is 0 Å². The molecule has 1 N–H and O–H groups in total. The predicted octanol–water partition coefficient (Wildman–Crippen LogP) is 2.97. The van der Waals surface area contributed by atoms with Crippen molar-refractivity contribution in [2.75, 3.05) is 0 Å². The maximum absolute atomic E-state index is 5.67. The lowest BCUT2D eigenvalue weighted by Gasteiger charge is -2.02. The van der Waals surface area contributed by atoms with E-state index in [1.54, 1.807) is 11.3 Å². The summed E-state index contributed by atoms with van der Waals surface area (Å²) in [6, 6.07) is 10.6. The Bertz CT molecular complexity index is 494. The van der Waals surface area contributed by atoms with E-state index < -0.39 is 0 Å². The highest BCUT2D eigenvalue weighted by molar-refractivity contribution is 7.11. The van der Waals surface area contributed by atoms with Crippen LogP contribution in [0, 0.1) is 0 Å². The molecule has 0 radical (unpaired) electrons. The van der Waals surface area contributed by atoms with Crippen molar-refractivity contribution in [2.45, 2.75) is 32.0 Å². The first-order valence-corrected chi connectivity index (χ1v) is 7.06. The van der Waals surface area contributed by atoms with Gasteiger partial charge in [-0.25, -0.2) is 4.98 Å². The number of aromatic nitrogens is 1. The van der Waals surface area contributed by atoms with E-state index >= 15 is 0 Å². The van der Waals surface area contributed by atoms with Gasteiger partial charge in [0.2, 0.25) is 0 Å². The molecule has 1 heterocycles. The molecule has 3 rings (SSSR count). The number of nitrogens with zero attached hydrogens (tertiary/aromatic N) is 1. The lowest BCUT2D eigenvalue weighted by Crippen LogP contribution is -2.14. The quantitative estimate of drug-likeness (QED) is 0.867. The van der Waals surface area contributed by atoms with E-state index in [1.165, 1.54) is 17.7 Å². The van der Waals surface area contributed by atoms with Crippen LogP contribution in [0.3, 0.4) is 0 Å². The number of rotatable bonds is 6. The summed E-state index contributed by atoms with van der Waals surface area (Å²) in [6.45, 7) is 1.49. The van der Waals surface area contributed by atoms with Crippen LogP contribution in [-0.4, -0.2) is 11.0 Å². The van der Waals surface area contributed by atoms with Crippen LogP contribution in [0.25, 0.3) is 0 Å². The Kier molecular flexibility index (Phi) is 3.57. The fraction of sp³-hybridized carbons (Fsp3) is 0.357. The van der Waals surface area contributed by atoms with E-state index in [4.69, 9.17) is 4.74 Å². The third-order valence-corrected chi connectivity index (χ3v) is 3.82. The number of hydrogen-bond acceptors (Lipinski definition) is 4. The molecule has 94 valence electrons. The van der Waals surface area contributed by atoms with Gasteiger partial charge in [0.25, 0.3) is 0 Å². The molecule has 1 aromatic heterocycles. The van der Waals surface area contributed by atoms with Crippen molar-refractivity contribution >= 4 is 11.3 Å². The van der Waals surface area contributed by atoms with Gasteiger partial charge in [0, 0.05) is 23.7 Å². The summed E-state index contributed by atoms with van der Waals surface area (Å²) in [6.07, 6.45) is 4.59. The summed E-state index contributed by atoms with van der Waals surface area (Å²) in [5, 5.41) is 4.52. The standard InChI is InChI=1S/C14H16N2OS/c1-2-4-12(5-3-1)17-10-14-16-9-13(18-14)8-15-11-6-7-11/h1-5,9,11,15H,6-8,10H2. The Hall–Kier alpha value is -1.39. The molecule has 0 amide bonds. The van der Waals surface area contributed by atoms with E-state index in [0.29, 0.717) is 6.61 Å². The van der Waals surface area contributed by atoms with Crippen LogP contribution < -0.4 is 10.1 Å². The molecule has 0 saturated heterocycles. The van der Waals surface area contributed by atoms with E-state index in [2.05, 4.69) is 10.3 Å². The van der Waals surface area contributed by atoms with Crippen molar-refractivity contribution in [3.63, 3.8) is 0 Å². The monoisotopic (exact) mass is 260 g/mol. The first-order chi connectivity index (χ1) is 8.90. The van der Waals surface area contributed by atoms with Crippen LogP contribution in [0.5, 0.6) is 5.75 Å². The second kappa shape index (κ2) is 5.50. The average molecular weight is 260 g/mol. The second-order valence-electron chi connectivity index (χ2n) is 4.48. The van der Waals surface area contributed by atoms with Gasteiger partial charge in [0.1, 0.15) is 17.4 Å². The largest absolute Gasteiger partial charge is 0.486 e. The zero-order valence-electron chi connectivity index (χ0n) is 10.1. The van der Waals surface area contributed by atoms with E-state index in [1.807, 2.05) is 36.5 Å². The minimum absolute atomic E-state index is 0.554. The lowest BCUT2D eigenvalue weighted by atomic mass is 10.3. The minimum atomic E-state index is 0.554. The third kappa shape index (κ3) is 3.31. The molecule has 0 unspecified atom stereocenters. The minimum Gasteiger partial charge on any atom is -0.486 e. The zero-order valence-corrected chi connectivity index (χ0v) is 11.0. The van der Waals surface area contributed by atoms with Gasteiger partial charge in [0.05, 0.1) is 0 Å². The van der Waals surface area contributed by atoms with Crippen molar-refractivity contribution < 1.29 is 4.74 Å². The van der Waals surface area contributed by atoms with Gasteiger partial charge in [-0.05, 0) is 25.0 Å². The highest BCUT2D eigenvalue weighted by Crippen LogP contribution is 2.21. The van der Waals surface area contributed by atoms with Crippen LogP contribution in [0.4, 0.5) is 0 Å². The van der Waals surface area contributed by atoms with E-state index in [0.717, 1.165) is 23.3 Å². The van der Waals surface area contributed by atoms with Gasteiger partial charge in [-0.15, -0.1) is 11.3 Å². The van der Waals surface area contributed by atoms with Gasteiger partial charge < -0.3 is 10.1 Å². The highest BCUT2D eigenvalue weighted by atomic mass is 32.1. The molecule has 1 fully saturated rings. The molecule has 0 atom stereocenters. The summed E-state index contributed by atoms with van der Waals surface area (Å²) in [4.78, 5) is 5.67. The van der Waals surface area contributed by atoms with Crippen molar-refractivity contribution in [3.8, 4) is 5.75 Å². The molecule has 18 heavy (non-hydrogen) atoms. The van der Waals surface area contributed by atoms with Crippen LogP contribution in [0.2, 0.25) is 0 Å². The molecule has 0 spiro atoms. The van der Waals surface area contributed by atoms with Crippen LogP contribution in [-0.2, 0) is 13.2 Å². The predicted molar refractivity (Wildman–Crippen MR) is 72.7 cm³/mol. The zero-order chi connectivity index (χ0) is 12.2. The molecule has 0 aliphatic heterocycles. The summed E-state index contributed by atoms with van der Waals surface area (Å²) in [5.41, 5.74) is 0. The second-order valence-corrected chi connectivity index (χ2v) is 5.68. The van der Waals surface area contributed by atoms with Crippen molar-refractivity contribution in [1.29, 1.82) is 0 Å². The maximum atomic E-state index is 5.67. The first kappa shape index (κ1) is 11.7. The Morgan fingerprint density at radius 3 is 2.89 bits per heavy atom. The maximum Gasteiger partial charge on any atom is 0.140 e. The molecule has 1 saturated carbocycles. The van der Waals surface area contributed by atoms with Gasteiger partial charge >= 0.3 is 0 Å². The Labute approximate surface area is 111 Å². The van der Waals surface area contributed by atoms with Crippen LogP contribution in [0.15, 0.2) is 36.5 Å². The molecule has 1 aromatic carbocycles. The summed E-state index contributed by atoms with van der Waals surface area (Å²) >= 11 is 1.72. The molecule has 4 heteroatoms. The number of thiazole rings is 1. The number of para-hydroxylation sites is 1. The smallest absolute Gasteiger partial charge is 0.140 e. The molecular formula is C14H16N2OS. The molecule has 1 aliphatic rings. The molecule has 0 bridgehead atoms. The van der Waals surface area contributed by atoms with Crippen molar-refractivity contribution in [1.82, 2.24) is 10.3 Å². The van der Waals surface area contributed by atoms with E-state index in [9.17, 15) is 0 Å². The van der Waals surface area contributed by atoms with E-state index in [-0.39, 0.29) is 0 Å². The molecule has 3 nitrogen and oxygen atoms in total. The number of ether oxygens (including phenoxy) is 1. The Balaban J connectivity index is 1.50. The molecule has 1 aliphatic carbocycles. The lowest BCUT2D eigenvalue weighted by molar-refractivity contribution is 0.305. The average Bonchev–Trinajstić information content (AvgIpc) is 3.14. The van der Waals surface area contributed by atoms with Crippen molar-refractivity contribution in [3.05, 3.63) is 46.4 Å². The number of benzene rings is 1. The SMILES string of the molecule is c1ccc(OCc2ncc(CNC3CC3)s2)cc1. The Morgan fingerprint density at radius 2 is 2.11 bits per heavy atom. The fourth-order valence-electron chi connectivity index (χ4n) is 1.69. The molecule has 2 aromatic rings. The van der Waals surface area contributed by atoms with Gasteiger partial charge in [-0.2, -0.15) is 0 Å². The Morgan fingerprint density at radius 1 is 1.28 bits per heavy atom. The van der Waals surface area contributed by atoms with Gasteiger partial charge in [0.15, 0.2) is 0 Å². The first-order valence-electron chi connectivity index (χ1n) is 6.25. The normalized spacial score (nSPS) is 14.7. The molecular weight excluding hydrogens is 244 g/mol. The van der Waals surface area contributed by atoms with Gasteiger partial charge in [-0.3, -0.25) is 0 Å². The number of nitrogens with one attached hydrogen (secondary N) is 1. The summed E-state index contributed by atoms with van der Waals surface area (Å²) < 4.78 is 5.67. The van der Waals surface area contributed by atoms with Gasteiger partial charge in [-0.1, -0.05) is 18.2 Å². The van der Waals surface area contributed by atoms with Crippen LogP contribution >= 0.6 is 11.3 Å².